The molecule has 2 nitrogen and oxygen atoms in total. The molecule has 2 rings (SSSR count). The Labute approximate surface area is 116 Å². The van der Waals surface area contributed by atoms with Crippen molar-refractivity contribution in [3.05, 3.63) is 65.7 Å². The molecule has 2 aromatic carbocycles. The van der Waals surface area contributed by atoms with Gasteiger partial charge in [0.1, 0.15) is 0 Å². The molecule has 1 atom stereocenters. The van der Waals surface area contributed by atoms with Crippen LogP contribution in [-0.4, -0.2) is 20.6 Å². The van der Waals surface area contributed by atoms with E-state index in [2.05, 4.69) is 78.8 Å². The van der Waals surface area contributed by atoms with Crippen molar-refractivity contribution in [2.24, 2.45) is 0 Å². The van der Waals surface area contributed by atoms with Crippen LogP contribution in [0, 0.1) is 6.92 Å². The highest BCUT2D eigenvalue weighted by Crippen LogP contribution is 2.18. The zero-order valence-electron chi connectivity index (χ0n) is 11.9. The molecule has 0 heterocycles. The summed E-state index contributed by atoms with van der Waals surface area (Å²) in [5.74, 6) is 0. The van der Waals surface area contributed by atoms with E-state index in [0.29, 0.717) is 6.04 Å². The van der Waals surface area contributed by atoms with E-state index in [1.54, 1.807) is 0 Å². The first kappa shape index (κ1) is 13.6. The van der Waals surface area contributed by atoms with Gasteiger partial charge in [0.05, 0.1) is 0 Å². The smallest absolute Gasteiger partial charge is 0.0495 e. The van der Waals surface area contributed by atoms with Crippen LogP contribution in [0.5, 0.6) is 0 Å². The number of hydrogen-bond acceptors (Lipinski definition) is 2. The van der Waals surface area contributed by atoms with Crippen LogP contribution in [0.2, 0.25) is 0 Å². The minimum absolute atomic E-state index is 0.340. The van der Waals surface area contributed by atoms with Crippen LogP contribution < -0.4 is 10.2 Å². The number of benzene rings is 2. The molecule has 1 N–H and O–H groups in total. The van der Waals surface area contributed by atoms with Crippen molar-refractivity contribution in [3.63, 3.8) is 0 Å². The second kappa shape index (κ2) is 6.39. The third-order valence-corrected chi connectivity index (χ3v) is 3.48. The molecule has 0 aromatic heterocycles. The van der Waals surface area contributed by atoms with Crippen LogP contribution in [0.1, 0.15) is 17.2 Å². The minimum atomic E-state index is 0.340. The standard InChI is InChI=1S/C17H22N2/c1-14-9-11-16(12-10-14)19(3)13-17(18-2)15-7-5-4-6-8-15/h4-12,17-18H,13H2,1-3H3. The van der Waals surface area contributed by atoms with E-state index in [4.69, 9.17) is 0 Å². The van der Waals surface area contributed by atoms with Gasteiger partial charge in [0.2, 0.25) is 0 Å². The van der Waals surface area contributed by atoms with Crippen LogP contribution in [0.25, 0.3) is 0 Å². The SMILES string of the molecule is CNC(CN(C)c1ccc(C)cc1)c1ccccc1. The molecule has 2 aromatic rings. The summed E-state index contributed by atoms with van der Waals surface area (Å²) < 4.78 is 0. The average molecular weight is 254 g/mol. The Bertz CT molecular complexity index is 490. The number of hydrogen-bond donors (Lipinski definition) is 1. The molecule has 0 saturated carbocycles. The molecule has 0 aliphatic heterocycles. The predicted molar refractivity (Wildman–Crippen MR) is 82.7 cm³/mol. The normalized spacial score (nSPS) is 12.2. The van der Waals surface area contributed by atoms with Crippen LogP contribution in [0.15, 0.2) is 54.6 Å². The fourth-order valence-corrected chi connectivity index (χ4v) is 2.23. The average Bonchev–Trinajstić information content (AvgIpc) is 2.46. The van der Waals surface area contributed by atoms with E-state index in [1.807, 2.05) is 7.05 Å². The van der Waals surface area contributed by atoms with Gasteiger partial charge in [0.15, 0.2) is 0 Å². The van der Waals surface area contributed by atoms with Gasteiger partial charge >= 0.3 is 0 Å². The summed E-state index contributed by atoms with van der Waals surface area (Å²) >= 11 is 0. The van der Waals surface area contributed by atoms with Gasteiger partial charge in [-0.3, -0.25) is 0 Å². The van der Waals surface area contributed by atoms with E-state index < -0.39 is 0 Å². The van der Waals surface area contributed by atoms with E-state index in [1.165, 1.54) is 16.8 Å². The molecule has 0 spiro atoms. The number of nitrogens with zero attached hydrogens (tertiary/aromatic N) is 1. The zero-order chi connectivity index (χ0) is 13.7. The van der Waals surface area contributed by atoms with E-state index >= 15 is 0 Å². The van der Waals surface area contributed by atoms with Gasteiger partial charge in [-0.05, 0) is 31.7 Å². The van der Waals surface area contributed by atoms with Crippen LogP contribution in [0.3, 0.4) is 0 Å². The Morgan fingerprint density at radius 2 is 1.63 bits per heavy atom. The fraction of sp³-hybridized carbons (Fsp3) is 0.294. The lowest BCUT2D eigenvalue weighted by Crippen LogP contribution is -2.31. The number of rotatable bonds is 5. The molecular weight excluding hydrogens is 232 g/mol. The topological polar surface area (TPSA) is 15.3 Å². The Morgan fingerprint density at radius 3 is 2.21 bits per heavy atom. The lowest BCUT2D eigenvalue weighted by atomic mass is 10.1. The predicted octanol–water partition coefficient (Wildman–Crippen LogP) is 3.39. The molecule has 0 bridgehead atoms. The van der Waals surface area contributed by atoms with Gasteiger partial charge in [0, 0.05) is 25.3 Å². The Balaban J connectivity index is 2.08. The van der Waals surface area contributed by atoms with Gasteiger partial charge in [-0.2, -0.15) is 0 Å². The van der Waals surface area contributed by atoms with Crippen molar-refractivity contribution in [2.75, 3.05) is 25.5 Å². The molecule has 0 aliphatic carbocycles. The summed E-state index contributed by atoms with van der Waals surface area (Å²) in [5.41, 5.74) is 3.87. The molecule has 0 aliphatic rings. The Morgan fingerprint density at radius 1 is 1.00 bits per heavy atom. The second-order valence-electron chi connectivity index (χ2n) is 4.97. The highest BCUT2D eigenvalue weighted by atomic mass is 15.1. The lowest BCUT2D eigenvalue weighted by molar-refractivity contribution is 0.589. The van der Waals surface area contributed by atoms with Crippen molar-refractivity contribution in [2.45, 2.75) is 13.0 Å². The maximum atomic E-state index is 3.39. The van der Waals surface area contributed by atoms with E-state index in [9.17, 15) is 0 Å². The maximum absolute atomic E-state index is 3.39. The first-order valence-electron chi connectivity index (χ1n) is 6.70. The summed E-state index contributed by atoms with van der Waals surface area (Å²) in [6.45, 7) is 3.06. The minimum Gasteiger partial charge on any atom is -0.373 e. The summed E-state index contributed by atoms with van der Waals surface area (Å²) in [7, 11) is 4.15. The summed E-state index contributed by atoms with van der Waals surface area (Å²) in [6, 6.07) is 19.6. The Hall–Kier alpha value is -1.80. The van der Waals surface area contributed by atoms with Crippen LogP contribution in [0.4, 0.5) is 5.69 Å². The first-order chi connectivity index (χ1) is 9.20. The highest BCUT2D eigenvalue weighted by molar-refractivity contribution is 5.47. The van der Waals surface area contributed by atoms with Crippen molar-refractivity contribution < 1.29 is 0 Å². The summed E-state index contributed by atoms with van der Waals surface area (Å²) in [4.78, 5) is 2.29. The quantitative estimate of drug-likeness (QED) is 0.880. The molecule has 0 fully saturated rings. The van der Waals surface area contributed by atoms with Gasteiger partial charge in [-0.1, -0.05) is 48.0 Å². The lowest BCUT2D eigenvalue weighted by Gasteiger charge is -2.26. The molecule has 1 unspecified atom stereocenters. The highest BCUT2D eigenvalue weighted by Gasteiger charge is 2.11. The molecular formula is C17H22N2. The van der Waals surface area contributed by atoms with Crippen molar-refractivity contribution in [1.29, 1.82) is 0 Å². The van der Waals surface area contributed by atoms with Crippen molar-refractivity contribution in [1.82, 2.24) is 5.32 Å². The van der Waals surface area contributed by atoms with Crippen LogP contribution in [-0.2, 0) is 0 Å². The number of nitrogens with one attached hydrogen (secondary N) is 1. The van der Waals surface area contributed by atoms with E-state index in [-0.39, 0.29) is 0 Å². The maximum Gasteiger partial charge on any atom is 0.0495 e. The van der Waals surface area contributed by atoms with Crippen LogP contribution >= 0.6 is 0 Å². The molecule has 2 heteroatoms. The summed E-state index contributed by atoms with van der Waals surface area (Å²) in [6.07, 6.45) is 0. The van der Waals surface area contributed by atoms with E-state index in [0.717, 1.165) is 6.54 Å². The first-order valence-corrected chi connectivity index (χ1v) is 6.70. The van der Waals surface area contributed by atoms with Crippen molar-refractivity contribution >= 4 is 5.69 Å². The van der Waals surface area contributed by atoms with Gasteiger partial charge in [-0.15, -0.1) is 0 Å². The van der Waals surface area contributed by atoms with Gasteiger partial charge < -0.3 is 10.2 Å². The summed E-state index contributed by atoms with van der Waals surface area (Å²) in [5, 5.41) is 3.39. The second-order valence-corrected chi connectivity index (χ2v) is 4.97. The molecule has 0 amide bonds. The molecule has 100 valence electrons. The van der Waals surface area contributed by atoms with Crippen molar-refractivity contribution in [3.8, 4) is 0 Å². The van der Waals surface area contributed by atoms with Gasteiger partial charge in [-0.25, -0.2) is 0 Å². The monoisotopic (exact) mass is 254 g/mol. The molecule has 19 heavy (non-hydrogen) atoms. The van der Waals surface area contributed by atoms with Gasteiger partial charge in [0.25, 0.3) is 0 Å². The third-order valence-electron chi connectivity index (χ3n) is 3.48. The number of likely N-dealkylation sites (N-methyl/N-ethyl adjacent to an activating group) is 2. The number of aryl methyl sites for hydroxylation is 1. The third kappa shape index (κ3) is 3.58. The zero-order valence-corrected chi connectivity index (χ0v) is 11.9. The Kier molecular flexibility index (Phi) is 4.58. The largest absolute Gasteiger partial charge is 0.373 e. The number of anilines is 1. The fourth-order valence-electron chi connectivity index (χ4n) is 2.23. The molecule has 0 saturated heterocycles. The molecule has 0 radical (unpaired) electrons.